The van der Waals surface area contributed by atoms with Crippen LogP contribution in [-0.2, 0) is 16.1 Å². The van der Waals surface area contributed by atoms with Gasteiger partial charge in [0.05, 0.1) is 15.6 Å². The van der Waals surface area contributed by atoms with Gasteiger partial charge in [0.15, 0.2) is 6.61 Å². The standard InChI is InChI=1S/C24H27Cl3N4O5/c25-17-2-3-18(21(12-17)36-15-22(32)29-13-23(33)34)24(35)28-5-6-30-7-9-31(10-8-30)14-16-1-4-19(26)20(27)11-16/h1-4,11-12H,5-10,13-15H2,(H,28,35)(H,29,32)(H,33,34). The number of carboxylic acids is 1. The van der Waals surface area contributed by atoms with Crippen LogP contribution in [0.2, 0.25) is 15.1 Å². The Labute approximate surface area is 224 Å². The second kappa shape index (κ2) is 13.7. The third-order valence-corrected chi connectivity index (χ3v) is 6.53. The molecule has 36 heavy (non-hydrogen) atoms. The SMILES string of the molecule is O=C(O)CNC(=O)COc1cc(Cl)ccc1C(=O)NCCN1CCN(Cc2ccc(Cl)c(Cl)c2)CC1. The minimum absolute atomic E-state index is 0.140. The second-order valence-corrected chi connectivity index (χ2v) is 9.47. The van der Waals surface area contributed by atoms with Gasteiger partial charge in [0.1, 0.15) is 12.3 Å². The lowest BCUT2D eigenvalue weighted by Crippen LogP contribution is -2.48. The van der Waals surface area contributed by atoms with Gasteiger partial charge in [-0.25, -0.2) is 0 Å². The molecule has 1 heterocycles. The molecule has 0 unspecified atom stereocenters. The molecule has 3 N–H and O–H groups in total. The fourth-order valence-electron chi connectivity index (χ4n) is 3.66. The van der Waals surface area contributed by atoms with Crippen LogP contribution in [0.1, 0.15) is 15.9 Å². The van der Waals surface area contributed by atoms with Crippen LogP contribution in [0.4, 0.5) is 0 Å². The fraction of sp³-hybridized carbons (Fsp3) is 0.375. The summed E-state index contributed by atoms with van der Waals surface area (Å²) in [6.07, 6.45) is 0. The third-order valence-electron chi connectivity index (χ3n) is 5.55. The zero-order valence-electron chi connectivity index (χ0n) is 19.4. The van der Waals surface area contributed by atoms with Gasteiger partial charge in [0.25, 0.3) is 11.8 Å². The van der Waals surface area contributed by atoms with Gasteiger partial charge in [-0.3, -0.25) is 24.2 Å². The van der Waals surface area contributed by atoms with Crippen molar-refractivity contribution in [2.45, 2.75) is 6.54 Å². The fourth-order valence-corrected chi connectivity index (χ4v) is 4.14. The first-order valence-electron chi connectivity index (χ1n) is 11.3. The van der Waals surface area contributed by atoms with E-state index in [4.69, 9.17) is 44.6 Å². The summed E-state index contributed by atoms with van der Waals surface area (Å²) in [4.78, 5) is 39.6. The van der Waals surface area contributed by atoms with E-state index in [1.165, 1.54) is 12.1 Å². The Morgan fingerprint density at radius 1 is 0.917 bits per heavy atom. The van der Waals surface area contributed by atoms with Crippen LogP contribution >= 0.6 is 34.8 Å². The second-order valence-electron chi connectivity index (χ2n) is 8.22. The predicted molar refractivity (Wildman–Crippen MR) is 138 cm³/mol. The van der Waals surface area contributed by atoms with Crippen LogP contribution in [0.25, 0.3) is 0 Å². The first-order valence-corrected chi connectivity index (χ1v) is 12.4. The molecular formula is C24H27Cl3N4O5. The van der Waals surface area contributed by atoms with Crippen molar-refractivity contribution in [3.63, 3.8) is 0 Å². The van der Waals surface area contributed by atoms with Crippen LogP contribution in [0.15, 0.2) is 36.4 Å². The molecule has 3 rings (SSSR count). The maximum Gasteiger partial charge on any atom is 0.322 e. The lowest BCUT2D eigenvalue weighted by Gasteiger charge is -2.34. The van der Waals surface area contributed by atoms with Gasteiger partial charge in [-0.2, -0.15) is 0 Å². The minimum Gasteiger partial charge on any atom is -0.483 e. The quantitative estimate of drug-likeness (QED) is 0.390. The van der Waals surface area contributed by atoms with Gasteiger partial charge in [-0.15, -0.1) is 0 Å². The number of amides is 2. The van der Waals surface area contributed by atoms with Crippen molar-refractivity contribution >= 4 is 52.6 Å². The van der Waals surface area contributed by atoms with Crippen molar-refractivity contribution in [1.82, 2.24) is 20.4 Å². The molecule has 0 spiro atoms. The molecule has 2 aromatic rings. The molecule has 0 saturated carbocycles. The predicted octanol–water partition coefficient (Wildman–Crippen LogP) is 2.77. The summed E-state index contributed by atoms with van der Waals surface area (Å²) >= 11 is 18.1. The van der Waals surface area contributed by atoms with E-state index in [1.54, 1.807) is 6.07 Å². The van der Waals surface area contributed by atoms with Gasteiger partial charge >= 0.3 is 5.97 Å². The zero-order valence-corrected chi connectivity index (χ0v) is 21.7. The number of piperazine rings is 1. The van der Waals surface area contributed by atoms with E-state index < -0.39 is 25.0 Å². The van der Waals surface area contributed by atoms with Gasteiger partial charge in [0.2, 0.25) is 0 Å². The summed E-state index contributed by atoms with van der Waals surface area (Å²) in [6.45, 7) is 4.50. The van der Waals surface area contributed by atoms with Crippen LogP contribution in [0.5, 0.6) is 5.75 Å². The number of nitrogens with one attached hydrogen (secondary N) is 2. The Bertz CT molecular complexity index is 1090. The Kier molecular flexibility index (Phi) is 10.6. The number of benzene rings is 2. The van der Waals surface area contributed by atoms with E-state index in [-0.39, 0.29) is 17.2 Å². The Morgan fingerprint density at radius 2 is 1.64 bits per heavy atom. The average Bonchev–Trinajstić information content (AvgIpc) is 2.84. The van der Waals surface area contributed by atoms with Gasteiger partial charge in [-0.1, -0.05) is 40.9 Å². The summed E-state index contributed by atoms with van der Waals surface area (Å²) in [7, 11) is 0. The molecule has 1 saturated heterocycles. The maximum absolute atomic E-state index is 12.7. The lowest BCUT2D eigenvalue weighted by atomic mass is 10.2. The number of halogens is 3. The molecule has 1 aliphatic rings. The lowest BCUT2D eigenvalue weighted by molar-refractivity contribution is -0.138. The highest BCUT2D eigenvalue weighted by atomic mass is 35.5. The van der Waals surface area contributed by atoms with Crippen LogP contribution < -0.4 is 15.4 Å². The van der Waals surface area contributed by atoms with E-state index in [1.807, 2.05) is 18.2 Å². The highest BCUT2D eigenvalue weighted by Crippen LogP contribution is 2.24. The molecule has 2 aromatic carbocycles. The zero-order chi connectivity index (χ0) is 26.1. The molecule has 0 aliphatic carbocycles. The van der Waals surface area contributed by atoms with Gasteiger partial charge in [-0.05, 0) is 35.9 Å². The molecule has 194 valence electrons. The van der Waals surface area contributed by atoms with Crippen molar-refractivity contribution < 1.29 is 24.2 Å². The molecule has 1 fully saturated rings. The Morgan fingerprint density at radius 3 is 2.33 bits per heavy atom. The smallest absolute Gasteiger partial charge is 0.322 e. The van der Waals surface area contributed by atoms with E-state index in [0.29, 0.717) is 28.2 Å². The van der Waals surface area contributed by atoms with E-state index in [0.717, 1.165) is 38.3 Å². The van der Waals surface area contributed by atoms with Crippen molar-refractivity contribution in [3.05, 3.63) is 62.6 Å². The summed E-state index contributed by atoms with van der Waals surface area (Å²) in [6, 6.07) is 10.2. The average molecular weight is 558 g/mol. The van der Waals surface area contributed by atoms with Gasteiger partial charge < -0.3 is 20.5 Å². The first-order chi connectivity index (χ1) is 17.2. The summed E-state index contributed by atoms with van der Waals surface area (Å²) in [5.41, 5.74) is 1.35. The topological polar surface area (TPSA) is 111 Å². The number of carboxylic acid groups (broad SMARTS) is 1. The van der Waals surface area contributed by atoms with Crippen LogP contribution in [-0.4, -0.2) is 85.1 Å². The van der Waals surface area contributed by atoms with Crippen LogP contribution in [0.3, 0.4) is 0 Å². The molecule has 12 heteroatoms. The number of hydrogen-bond donors (Lipinski definition) is 3. The molecule has 2 amide bonds. The molecule has 0 atom stereocenters. The molecule has 0 bridgehead atoms. The summed E-state index contributed by atoms with van der Waals surface area (Å²) in [5, 5.41) is 15.1. The van der Waals surface area contributed by atoms with E-state index in [9.17, 15) is 14.4 Å². The molecule has 0 aromatic heterocycles. The van der Waals surface area contributed by atoms with Crippen LogP contribution in [0, 0.1) is 0 Å². The third kappa shape index (κ3) is 8.83. The number of hydrogen-bond acceptors (Lipinski definition) is 6. The van der Waals surface area contributed by atoms with Crippen molar-refractivity contribution in [3.8, 4) is 5.75 Å². The number of nitrogens with zero attached hydrogens (tertiary/aromatic N) is 2. The van der Waals surface area contributed by atoms with Crippen molar-refractivity contribution in [1.29, 1.82) is 0 Å². The normalized spacial score (nSPS) is 14.3. The van der Waals surface area contributed by atoms with Crippen molar-refractivity contribution in [2.24, 2.45) is 0 Å². The monoisotopic (exact) mass is 556 g/mol. The number of aliphatic carboxylic acids is 1. The summed E-state index contributed by atoms with van der Waals surface area (Å²) < 4.78 is 5.42. The molecule has 9 nitrogen and oxygen atoms in total. The molecular weight excluding hydrogens is 531 g/mol. The molecule has 1 aliphatic heterocycles. The highest BCUT2D eigenvalue weighted by molar-refractivity contribution is 6.42. The minimum atomic E-state index is -1.17. The Hall–Kier alpha value is -2.56. The molecule has 0 radical (unpaired) electrons. The maximum atomic E-state index is 12.7. The van der Waals surface area contributed by atoms with E-state index >= 15 is 0 Å². The van der Waals surface area contributed by atoms with E-state index in [2.05, 4.69) is 20.4 Å². The summed E-state index contributed by atoms with van der Waals surface area (Å²) in [5.74, 6) is -2.01. The van der Waals surface area contributed by atoms with Crippen molar-refractivity contribution in [2.75, 3.05) is 52.4 Å². The number of carbonyl (C=O) groups excluding carboxylic acids is 2. The highest BCUT2D eigenvalue weighted by Gasteiger charge is 2.19. The number of rotatable bonds is 11. The van der Waals surface area contributed by atoms with Gasteiger partial charge in [0, 0.05) is 50.8 Å². The first kappa shape index (κ1) is 28.0. The number of ether oxygens (including phenoxy) is 1. The largest absolute Gasteiger partial charge is 0.483 e. The Balaban J connectivity index is 1.42. The number of carbonyl (C=O) groups is 3.